The molecule has 0 unspecified atom stereocenters. The molecule has 1 aliphatic heterocycles. The zero-order valence-corrected chi connectivity index (χ0v) is 25.3. The highest BCUT2D eigenvalue weighted by molar-refractivity contribution is 7.92. The van der Waals surface area contributed by atoms with E-state index in [1.165, 1.54) is 10.9 Å². The molecule has 5 rings (SSSR count). The molecule has 1 aliphatic rings. The van der Waals surface area contributed by atoms with Gasteiger partial charge in [-0.25, -0.2) is 18.1 Å². The van der Waals surface area contributed by atoms with Crippen LogP contribution in [-0.2, 0) is 23.2 Å². The molecule has 13 heteroatoms. The van der Waals surface area contributed by atoms with Gasteiger partial charge in [-0.05, 0) is 88.5 Å². The molecule has 3 heterocycles. The third-order valence-corrected chi connectivity index (χ3v) is 8.86. The highest BCUT2D eigenvalue weighted by atomic mass is 32.2. The first-order valence-corrected chi connectivity index (χ1v) is 15.2. The van der Waals surface area contributed by atoms with Gasteiger partial charge in [0.25, 0.3) is 10.0 Å². The van der Waals surface area contributed by atoms with Crippen molar-refractivity contribution in [1.29, 1.82) is 0 Å². The number of aryl methyl sites for hydroxylation is 4. The number of anilines is 1. The number of halogens is 3. The van der Waals surface area contributed by atoms with Gasteiger partial charge in [-0.1, -0.05) is 29.8 Å². The number of alkyl halides is 3. The zero-order valence-electron chi connectivity index (χ0n) is 24.5. The second kappa shape index (κ2) is 11.6. The van der Waals surface area contributed by atoms with Crippen LogP contribution in [0.3, 0.4) is 0 Å². The molecule has 43 heavy (non-hydrogen) atoms. The number of ether oxygens (including phenoxy) is 1. The number of sulfonamides is 1. The predicted octanol–water partition coefficient (Wildman–Crippen LogP) is 6.22. The monoisotopic (exact) mass is 614 g/mol. The predicted molar refractivity (Wildman–Crippen MR) is 157 cm³/mol. The average Bonchev–Trinajstić information content (AvgIpc) is 3.35. The molecule has 0 atom stereocenters. The summed E-state index contributed by atoms with van der Waals surface area (Å²) in [6, 6.07) is 10.4. The van der Waals surface area contributed by atoms with E-state index in [0.717, 1.165) is 43.3 Å². The molecular formula is C30H33F3N6O3S. The second-order valence-corrected chi connectivity index (χ2v) is 12.7. The van der Waals surface area contributed by atoms with E-state index < -0.39 is 39.3 Å². The maximum atomic E-state index is 14.8. The molecule has 0 amide bonds. The van der Waals surface area contributed by atoms with Crippen LogP contribution < -0.4 is 9.46 Å². The quantitative estimate of drug-likeness (QED) is 0.264. The van der Waals surface area contributed by atoms with Crippen molar-refractivity contribution < 1.29 is 26.3 Å². The summed E-state index contributed by atoms with van der Waals surface area (Å²) in [5.74, 6) is -0.898. The fourth-order valence-corrected chi connectivity index (χ4v) is 6.45. The van der Waals surface area contributed by atoms with Crippen molar-refractivity contribution in [2.24, 2.45) is 7.05 Å². The van der Waals surface area contributed by atoms with E-state index in [4.69, 9.17) is 4.74 Å². The van der Waals surface area contributed by atoms with Crippen LogP contribution >= 0.6 is 0 Å². The minimum Gasteiger partial charge on any atom is -0.438 e. The topological polar surface area (TPSA) is 102 Å². The van der Waals surface area contributed by atoms with Gasteiger partial charge in [-0.2, -0.15) is 23.3 Å². The summed E-state index contributed by atoms with van der Waals surface area (Å²) < 4.78 is 79.9. The number of hydrogen-bond acceptors (Lipinski definition) is 7. The number of aromatic nitrogens is 4. The molecular weight excluding hydrogens is 581 g/mol. The van der Waals surface area contributed by atoms with Crippen molar-refractivity contribution in [2.75, 3.05) is 24.9 Å². The minimum absolute atomic E-state index is 0.130. The van der Waals surface area contributed by atoms with E-state index >= 15 is 0 Å². The van der Waals surface area contributed by atoms with Crippen LogP contribution in [0, 0.1) is 20.8 Å². The number of nitrogens with one attached hydrogen (secondary N) is 1. The van der Waals surface area contributed by atoms with Gasteiger partial charge in [0.05, 0.1) is 11.9 Å². The lowest BCUT2D eigenvalue weighted by Crippen LogP contribution is -2.29. The van der Waals surface area contributed by atoms with Gasteiger partial charge in [0, 0.05) is 18.8 Å². The number of piperidine rings is 1. The fourth-order valence-electron chi connectivity index (χ4n) is 5.53. The summed E-state index contributed by atoms with van der Waals surface area (Å²) in [6.45, 7) is 7.14. The summed E-state index contributed by atoms with van der Waals surface area (Å²) >= 11 is 0. The van der Waals surface area contributed by atoms with E-state index in [1.54, 1.807) is 45.2 Å². The molecule has 1 fully saturated rings. The highest BCUT2D eigenvalue weighted by Gasteiger charge is 2.41. The Morgan fingerprint density at radius 1 is 0.977 bits per heavy atom. The van der Waals surface area contributed by atoms with Gasteiger partial charge in [-0.15, -0.1) is 0 Å². The van der Waals surface area contributed by atoms with Crippen LogP contribution in [0.5, 0.6) is 11.6 Å². The van der Waals surface area contributed by atoms with Crippen molar-refractivity contribution in [3.8, 4) is 22.9 Å². The molecule has 0 radical (unpaired) electrons. The highest BCUT2D eigenvalue weighted by Crippen LogP contribution is 2.45. The molecule has 2 aromatic carbocycles. The molecule has 0 bridgehead atoms. The molecule has 4 aromatic rings. The number of hydrogen-bond donors (Lipinski definition) is 1. The van der Waals surface area contributed by atoms with Crippen LogP contribution in [0.15, 0.2) is 53.7 Å². The van der Waals surface area contributed by atoms with E-state index in [9.17, 15) is 21.6 Å². The van der Waals surface area contributed by atoms with Crippen LogP contribution in [0.1, 0.15) is 46.6 Å². The number of rotatable bonds is 7. The largest absolute Gasteiger partial charge is 0.438 e. The first kappa shape index (κ1) is 30.5. The minimum atomic E-state index is -4.93. The molecule has 2 aromatic heterocycles. The fraction of sp³-hybridized carbons (Fsp3) is 0.367. The Morgan fingerprint density at radius 3 is 2.16 bits per heavy atom. The van der Waals surface area contributed by atoms with Gasteiger partial charge in [0.1, 0.15) is 16.2 Å². The lowest BCUT2D eigenvalue weighted by atomic mass is 9.90. The van der Waals surface area contributed by atoms with Gasteiger partial charge in [-0.3, -0.25) is 4.68 Å². The Balaban J connectivity index is 1.62. The Morgan fingerprint density at radius 2 is 1.60 bits per heavy atom. The summed E-state index contributed by atoms with van der Waals surface area (Å²) in [4.78, 5) is 10.2. The Bertz CT molecular complexity index is 1720. The van der Waals surface area contributed by atoms with E-state index in [0.29, 0.717) is 17.0 Å². The third kappa shape index (κ3) is 6.67. The van der Waals surface area contributed by atoms with Crippen molar-refractivity contribution in [1.82, 2.24) is 24.6 Å². The number of likely N-dealkylation sites (tertiary alicyclic amines) is 1. The first-order valence-electron chi connectivity index (χ1n) is 13.8. The molecule has 1 saturated heterocycles. The normalized spacial score (nSPS) is 15.1. The molecule has 228 valence electrons. The van der Waals surface area contributed by atoms with Gasteiger partial charge < -0.3 is 9.64 Å². The van der Waals surface area contributed by atoms with Crippen LogP contribution in [0.4, 0.5) is 19.1 Å². The van der Waals surface area contributed by atoms with Crippen molar-refractivity contribution >= 4 is 16.0 Å². The molecule has 1 N–H and O–H groups in total. The van der Waals surface area contributed by atoms with E-state index in [2.05, 4.69) is 31.7 Å². The molecule has 0 saturated carbocycles. The van der Waals surface area contributed by atoms with Gasteiger partial charge in [0.2, 0.25) is 11.8 Å². The zero-order chi connectivity index (χ0) is 31.1. The number of benzene rings is 2. The number of nitrogens with zero attached hydrogens (tertiary/aromatic N) is 5. The van der Waals surface area contributed by atoms with Gasteiger partial charge in [0.15, 0.2) is 0 Å². The van der Waals surface area contributed by atoms with E-state index in [1.807, 2.05) is 19.1 Å². The molecule has 0 aliphatic carbocycles. The van der Waals surface area contributed by atoms with Gasteiger partial charge >= 0.3 is 6.18 Å². The van der Waals surface area contributed by atoms with Crippen LogP contribution in [-0.4, -0.2) is 53.2 Å². The second-order valence-electron chi connectivity index (χ2n) is 11.1. The summed E-state index contributed by atoms with van der Waals surface area (Å²) in [6.07, 6.45) is -0.584. The summed E-state index contributed by atoms with van der Waals surface area (Å²) in [5.41, 5.74) is 1.54. The third-order valence-electron chi connectivity index (χ3n) is 7.57. The maximum Gasteiger partial charge on any atom is 0.423 e. The smallest absolute Gasteiger partial charge is 0.423 e. The molecule has 9 nitrogen and oxygen atoms in total. The average molecular weight is 615 g/mol. The van der Waals surface area contributed by atoms with E-state index in [-0.39, 0.29) is 16.2 Å². The maximum absolute atomic E-state index is 14.8. The van der Waals surface area contributed by atoms with Crippen molar-refractivity contribution in [3.63, 3.8) is 0 Å². The lowest BCUT2D eigenvalue weighted by molar-refractivity contribution is -0.138. The standard InChI is InChI=1S/C30H33F3N6O3S/c1-18-14-19(2)25(20(3)15-18)27-26(30(31,32)33)28(36-29(35-27)37-43(40,41)24-16-34-39(5)17-24)42-23-8-6-21(7-9-23)22-10-12-38(4)13-11-22/h6-9,14-17,22H,10-13H2,1-5H3,(H,35,36,37). The van der Waals surface area contributed by atoms with Crippen molar-refractivity contribution in [2.45, 2.75) is 50.6 Å². The first-order chi connectivity index (χ1) is 20.2. The Kier molecular flexibility index (Phi) is 8.23. The van der Waals surface area contributed by atoms with Crippen LogP contribution in [0.2, 0.25) is 0 Å². The van der Waals surface area contributed by atoms with Crippen LogP contribution in [0.25, 0.3) is 11.3 Å². The molecule has 0 spiro atoms. The summed E-state index contributed by atoms with van der Waals surface area (Å²) in [7, 11) is -0.661. The lowest BCUT2D eigenvalue weighted by Gasteiger charge is -2.29. The Labute approximate surface area is 248 Å². The Hall–Kier alpha value is -3.97. The summed E-state index contributed by atoms with van der Waals surface area (Å²) in [5, 5.41) is 3.87. The van der Waals surface area contributed by atoms with Crippen molar-refractivity contribution in [3.05, 3.63) is 76.6 Å². The SMILES string of the molecule is Cc1cc(C)c(-c2nc(NS(=O)(=O)c3cnn(C)c3)nc(Oc3ccc(C4CCN(C)CC4)cc3)c2C(F)(F)F)c(C)c1.